The maximum absolute atomic E-state index is 4.09. The molecule has 1 aromatic heterocycles. The highest BCUT2D eigenvalue weighted by Gasteiger charge is 2.07. The largest absolute Gasteiger partial charge is 0.381 e. The lowest BCUT2D eigenvalue weighted by Gasteiger charge is -2.16. The zero-order valence-electron chi connectivity index (χ0n) is 11.2. The molecule has 102 valence electrons. The van der Waals surface area contributed by atoms with Gasteiger partial charge in [-0.3, -0.25) is 5.10 Å². The van der Waals surface area contributed by atoms with E-state index in [0.717, 1.165) is 27.5 Å². The van der Waals surface area contributed by atoms with E-state index in [9.17, 15) is 0 Å². The van der Waals surface area contributed by atoms with Gasteiger partial charge in [0.15, 0.2) is 0 Å². The Hall–Kier alpha value is -1.81. The Balaban J connectivity index is 1.74. The molecule has 2 N–H and O–H groups in total. The summed E-state index contributed by atoms with van der Waals surface area (Å²) in [7, 11) is 0. The van der Waals surface area contributed by atoms with E-state index in [1.54, 1.807) is 0 Å². The van der Waals surface area contributed by atoms with E-state index in [0.29, 0.717) is 6.04 Å². The van der Waals surface area contributed by atoms with Gasteiger partial charge >= 0.3 is 0 Å². The molecule has 0 fully saturated rings. The predicted molar refractivity (Wildman–Crippen MR) is 87.0 cm³/mol. The van der Waals surface area contributed by atoms with Crippen LogP contribution >= 0.6 is 15.9 Å². The minimum Gasteiger partial charge on any atom is -0.381 e. The van der Waals surface area contributed by atoms with Crippen LogP contribution in [-0.4, -0.2) is 16.2 Å². The summed E-state index contributed by atoms with van der Waals surface area (Å²) in [6.45, 7) is 2.19. The maximum Gasteiger partial charge on any atom is 0.0881 e. The van der Waals surface area contributed by atoms with Crippen LogP contribution < -0.4 is 5.32 Å². The predicted octanol–water partition coefficient (Wildman–Crippen LogP) is 4.37. The molecule has 1 unspecified atom stereocenters. The second-order valence-corrected chi connectivity index (χ2v) is 5.93. The normalized spacial score (nSPS) is 12.5. The van der Waals surface area contributed by atoms with Crippen LogP contribution in [-0.2, 0) is 6.42 Å². The van der Waals surface area contributed by atoms with E-state index in [4.69, 9.17) is 0 Å². The summed E-state index contributed by atoms with van der Waals surface area (Å²) >= 11 is 3.46. The molecule has 0 spiro atoms. The number of aromatic amines is 1. The first-order valence-electron chi connectivity index (χ1n) is 6.65. The van der Waals surface area contributed by atoms with Gasteiger partial charge in [0.25, 0.3) is 0 Å². The summed E-state index contributed by atoms with van der Waals surface area (Å²) in [4.78, 5) is 0. The second kappa shape index (κ2) is 5.67. The Morgan fingerprint density at radius 2 is 2.00 bits per heavy atom. The van der Waals surface area contributed by atoms with E-state index in [1.807, 2.05) is 12.3 Å². The average Bonchev–Trinajstić information content (AvgIpc) is 2.91. The Labute approximate surface area is 126 Å². The standard InChI is InChI=1S/C16H16BrN3/c1-11(9-12-5-7-14(17)8-6-12)19-15-4-2-3-13-10-18-20-16(13)15/h2-8,10-11,19H,9H2,1H3,(H,18,20). The monoisotopic (exact) mass is 329 g/mol. The van der Waals surface area contributed by atoms with Crippen LogP contribution in [0, 0.1) is 0 Å². The molecule has 3 rings (SSSR count). The highest BCUT2D eigenvalue weighted by Crippen LogP contribution is 2.22. The third-order valence-electron chi connectivity index (χ3n) is 3.33. The fourth-order valence-corrected chi connectivity index (χ4v) is 2.64. The van der Waals surface area contributed by atoms with Crippen molar-refractivity contribution in [3.63, 3.8) is 0 Å². The molecule has 2 aromatic carbocycles. The van der Waals surface area contributed by atoms with E-state index in [2.05, 4.69) is 74.8 Å². The van der Waals surface area contributed by atoms with Crippen molar-refractivity contribution in [2.24, 2.45) is 0 Å². The molecule has 0 aliphatic heterocycles. The molecule has 0 saturated heterocycles. The van der Waals surface area contributed by atoms with Crippen molar-refractivity contribution in [2.75, 3.05) is 5.32 Å². The third-order valence-corrected chi connectivity index (χ3v) is 3.86. The smallest absolute Gasteiger partial charge is 0.0881 e. The molecule has 0 aliphatic carbocycles. The number of halogens is 1. The minimum absolute atomic E-state index is 0.352. The Kier molecular flexibility index (Phi) is 3.74. The van der Waals surface area contributed by atoms with Crippen molar-refractivity contribution < 1.29 is 0 Å². The summed E-state index contributed by atoms with van der Waals surface area (Å²) in [5, 5.41) is 11.8. The number of rotatable bonds is 4. The van der Waals surface area contributed by atoms with Gasteiger partial charge in [-0.2, -0.15) is 5.10 Å². The molecule has 0 saturated carbocycles. The van der Waals surface area contributed by atoms with Crippen LogP contribution in [0.5, 0.6) is 0 Å². The SMILES string of the molecule is CC(Cc1ccc(Br)cc1)Nc1cccc2cn[nH]c12. The molecule has 3 aromatic rings. The lowest BCUT2D eigenvalue weighted by Crippen LogP contribution is -2.18. The van der Waals surface area contributed by atoms with Crippen LogP contribution in [0.25, 0.3) is 10.9 Å². The van der Waals surface area contributed by atoms with Crippen molar-refractivity contribution in [3.8, 4) is 0 Å². The first-order valence-corrected chi connectivity index (χ1v) is 7.45. The molecule has 0 aliphatic rings. The van der Waals surface area contributed by atoms with Gasteiger partial charge in [-0.05, 0) is 37.1 Å². The van der Waals surface area contributed by atoms with E-state index in [1.165, 1.54) is 5.56 Å². The number of hydrogen-bond donors (Lipinski definition) is 2. The van der Waals surface area contributed by atoms with Gasteiger partial charge in [-0.15, -0.1) is 0 Å². The molecular weight excluding hydrogens is 314 g/mol. The minimum atomic E-state index is 0.352. The molecule has 1 heterocycles. The Morgan fingerprint density at radius 1 is 1.20 bits per heavy atom. The van der Waals surface area contributed by atoms with Crippen LogP contribution in [0.2, 0.25) is 0 Å². The summed E-state index contributed by atoms with van der Waals surface area (Å²) in [6, 6.07) is 15.0. The molecular formula is C16H16BrN3. The van der Waals surface area contributed by atoms with Crippen molar-refractivity contribution in [3.05, 3.63) is 58.7 Å². The highest BCUT2D eigenvalue weighted by atomic mass is 79.9. The average molecular weight is 330 g/mol. The van der Waals surface area contributed by atoms with Crippen molar-refractivity contribution in [2.45, 2.75) is 19.4 Å². The molecule has 0 radical (unpaired) electrons. The van der Waals surface area contributed by atoms with Gasteiger partial charge in [0, 0.05) is 15.9 Å². The summed E-state index contributed by atoms with van der Waals surface area (Å²) in [5.41, 5.74) is 3.49. The van der Waals surface area contributed by atoms with Crippen molar-refractivity contribution in [1.82, 2.24) is 10.2 Å². The quantitative estimate of drug-likeness (QED) is 0.746. The van der Waals surface area contributed by atoms with Gasteiger partial charge in [0.1, 0.15) is 0 Å². The molecule has 20 heavy (non-hydrogen) atoms. The zero-order valence-corrected chi connectivity index (χ0v) is 12.8. The second-order valence-electron chi connectivity index (χ2n) is 5.02. The number of H-pyrrole nitrogens is 1. The fraction of sp³-hybridized carbons (Fsp3) is 0.188. The van der Waals surface area contributed by atoms with Gasteiger partial charge in [0.2, 0.25) is 0 Å². The lowest BCUT2D eigenvalue weighted by molar-refractivity contribution is 0.791. The topological polar surface area (TPSA) is 40.7 Å². The maximum atomic E-state index is 4.09. The van der Waals surface area contributed by atoms with E-state index < -0.39 is 0 Å². The van der Waals surface area contributed by atoms with Gasteiger partial charge in [-0.1, -0.05) is 40.2 Å². The lowest BCUT2D eigenvalue weighted by atomic mass is 10.1. The number of anilines is 1. The first-order chi connectivity index (χ1) is 9.72. The van der Waals surface area contributed by atoms with Crippen LogP contribution in [0.15, 0.2) is 53.1 Å². The third kappa shape index (κ3) is 2.85. The fourth-order valence-electron chi connectivity index (χ4n) is 2.38. The molecule has 3 nitrogen and oxygen atoms in total. The Bertz CT molecular complexity index is 703. The highest BCUT2D eigenvalue weighted by molar-refractivity contribution is 9.10. The van der Waals surface area contributed by atoms with Crippen LogP contribution in [0.1, 0.15) is 12.5 Å². The number of fused-ring (bicyclic) bond motifs is 1. The summed E-state index contributed by atoms with van der Waals surface area (Å²) in [5.74, 6) is 0. The zero-order chi connectivity index (χ0) is 13.9. The number of para-hydroxylation sites is 1. The van der Waals surface area contributed by atoms with Crippen LogP contribution in [0.3, 0.4) is 0 Å². The van der Waals surface area contributed by atoms with Crippen LogP contribution in [0.4, 0.5) is 5.69 Å². The summed E-state index contributed by atoms with van der Waals surface area (Å²) < 4.78 is 1.11. The molecule has 4 heteroatoms. The van der Waals surface area contributed by atoms with E-state index >= 15 is 0 Å². The van der Waals surface area contributed by atoms with E-state index in [-0.39, 0.29) is 0 Å². The number of nitrogens with zero attached hydrogens (tertiary/aromatic N) is 1. The molecule has 0 bridgehead atoms. The van der Waals surface area contributed by atoms with Gasteiger partial charge in [-0.25, -0.2) is 0 Å². The molecule has 1 atom stereocenters. The van der Waals surface area contributed by atoms with Gasteiger partial charge in [0.05, 0.1) is 17.4 Å². The van der Waals surface area contributed by atoms with Gasteiger partial charge < -0.3 is 5.32 Å². The Morgan fingerprint density at radius 3 is 2.80 bits per heavy atom. The van der Waals surface area contributed by atoms with Crippen molar-refractivity contribution in [1.29, 1.82) is 0 Å². The van der Waals surface area contributed by atoms with Crippen molar-refractivity contribution >= 4 is 32.5 Å². The number of aromatic nitrogens is 2. The molecule has 0 amide bonds. The number of hydrogen-bond acceptors (Lipinski definition) is 2. The number of benzene rings is 2. The number of nitrogens with one attached hydrogen (secondary N) is 2. The summed E-state index contributed by atoms with van der Waals surface area (Å²) in [6.07, 6.45) is 2.83. The first kappa shape index (κ1) is 13.2.